The van der Waals surface area contributed by atoms with E-state index in [1.54, 1.807) is 42.5 Å². The summed E-state index contributed by atoms with van der Waals surface area (Å²) in [6.45, 7) is 3.46. The molecule has 0 saturated carbocycles. The van der Waals surface area contributed by atoms with Gasteiger partial charge in [0.15, 0.2) is 34.4 Å². The number of benzene rings is 2. The highest BCUT2D eigenvalue weighted by Gasteiger charge is 2.44. The Morgan fingerprint density at radius 3 is 2.53 bits per heavy atom. The number of fused-ring (bicyclic) bond motifs is 1. The number of aliphatic hydroxyl groups is 1. The van der Waals surface area contributed by atoms with E-state index in [0.29, 0.717) is 53.5 Å². The van der Waals surface area contributed by atoms with Crippen LogP contribution >= 0.6 is 0 Å². The Kier molecular flexibility index (Phi) is 8.26. The lowest BCUT2D eigenvalue weighted by Gasteiger charge is -2.28. The van der Waals surface area contributed by atoms with Crippen molar-refractivity contribution in [1.29, 1.82) is 0 Å². The summed E-state index contributed by atoms with van der Waals surface area (Å²) in [5, 5.41) is 11.7. The Labute approximate surface area is 222 Å². The number of carbonyl (C=O) groups excluding carboxylic acids is 2. The first-order valence-corrected chi connectivity index (χ1v) is 12.6. The molecule has 2 heterocycles. The topological polar surface area (TPSA) is 102 Å². The highest BCUT2D eigenvalue weighted by atomic mass is 16.5. The lowest BCUT2D eigenvalue weighted by atomic mass is 9.94. The number of amides is 1. The lowest BCUT2D eigenvalue weighted by Crippen LogP contribution is -2.36. The van der Waals surface area contributed by atoms with E-state index in [0.717, 1.165) is 12.8 Å². The molecule has 202 valence electrons. The highest BCUT2D eigenvalue weighted by molar-refractivity contribution is 6.16. The highest BCUT2D eigenvalue weighted by Crippen LogP contribution is 2.42. The Hall–Kier alpha value is -3.98. The third-order valence-electron chi connectivity index (χ3n) is 6.55. The summed E-state index contributed by atoms with van der Waals surface area (Å²) in [7, 11) is 6.84. The largest absolute Gasteiger partial charge is 0.503 e. The fourth-order valence-electron chi connectivity index (χ4n) is 4.51. The number of methoxy groups -OCH3 is 2. The van der Waals surface area contributed by atoms with Gasteiger partial charge in [0.1, 0.15) is 0 Å². The Balaban J connectivity index is 1.78. The summed E-state index contributed by atoms with van der Waals surface area (Å²) in [4.78, 5) is 30.5. The molecule has 1 aliphatic rings. The molecule has 2 aromatic carbocycles. The number of rotatable bonds is 12. The third-order valence-corrected chi connectivity index (χ3v) is 6.55. The summed E-state index contributed by atoms with van der Waals surface area (Å²) in [6, 6.07) is 11.4. The van der Waals surface area contributed by atoms with E-state index >= 15 is 0 Å². The molecule has 1 aliphatic heterocycles. The monoisotopic (exact) mass is 522 g/mol. The Bertz CT molecular complexity index is 1360. The molecule has 4 rings (SSSR count). The van der Waals surface area contributed by atoms with E-state index in [4.69, 9.17) is 18.6 Å². The van der Waals surface area contributed by atoms with Crippen LogP contribution in [0.2, 0.25) is 0 Å². The average molecular weight is 523 g/mol. The molecule has 0 aliphatic carbocycles. The van der Waals surface area contributed by atoms with Gasteiger partial charge in [0.25, 0.3) is 5.91 Å². The average Bonchev–Trinajstić information content (AvgIpc) is 3.46. The van der Waals surface area contributed by atoms with Gasteiger partial charge in [-0.25, -0.2) is 0 Å². The molecular formula is C29H34N2O7. The first-order valence-electron chi connectivity index (χ1n) is 12.6. The summed E-state index contributed by atoms with van der Waals surface area (Å²) in [6.07, 6.45) is 1.90. The smallest absolute Gasteiger partial charge is 0.290 e. The van der Waals surface area contributed by atoms with Crippen molar-refractivity contribution < 1.29 is 33.3 Å². The molecule has 1 N–H and O–H groups in total. The molecular weight excluding hydrogens is 488 g/mol. The van der Waals surface area contributed by atoms with Crippen LogP contribution in [0.25, 0.3) is 11.0 Å². The predicted octanol–water partition coefficient (Wildman–Crippen LogP) is 4.77. The summed E-state index contributed by atoms with van der Waals surface area (Å²) in [5.74, 6) is -0.248. The van der Waals surface area contributed by atoms with Crippen LogP contribution in [0.1, 0.15) is 41.9 Å². The first kappa shape index (κ1) is 27.1. The second-order valence-corrected chi connectivity index (χ2v) is 9.40. The van der Waals surface area contributed by atoms with Gasteiger partial charge in [-0.2, -0.15) is 0 Å². The number of ether oxygens (including phenoxy) is 3. The standard InChI is InChI=1S/C29H34N2O7/c1-6-7-15-37-20-12-11-18(16-22(20)36-5)25-24(27(33)29(34)31(25)14-13-30(2)3)26(32)23-17-19-9-8-10-21(35-4)28(19)38-23/h8-12,16-17,25,33H,6-7,13-15H2,1-5H3. The Morgan fingerprint density at radius 2 is 1.84 bits per heavy atom. The molecule has 9 heteroatoms. The van der Waals surface area contributed by atoms with Gasteiger partial charge in [0.05, 0.1) is 32.4 Å². The van der Waals surface area contributed by atoms with Gasteiger partial charge in [-0.15, -0.1) is 0 Å². The molecule has 38 heavy (non-hydrogen) atoms. The Morgan fingerprint density at radius 1 is 1.08 bits per heavy atom. The van der Waals surface area contributed by atoms with Gasteiger partial charge in [-0.1, -0.05) is 31.5 Å². The molecule has 0 spiro atoms. The van der Waals surface area contributed by atoms with Gasteiger partial charge in [0, 0.05) is 18.5 Å². The zero-order chi connectivity index (χ0) is 27.4. The fraction of sp³-hybridized carbons (Fsp3) is 0.379. The van der Waals surface area contributed by atoms with Gasteiger partial charge in [-0.05, 0) is 50.3 Å². The van der Waals surface area contributed by atoms with Crippen molar-refractivity contribution in [2.45, 2.75) is 25.8 Å². The molecule has 1 amide bonds. The molecule has 1 unspecified atom stereocenters. The van der Waals surface area contributed by atoms with Crippen LogP contribution in [0.3, 0.4) is 0 Å². The van der Waals surface area contributed by atoms with Crippen molar-refractivity contribution >= 4 is 22.7 Å². The SMILES string of the molecule is CCCCOc1ccc(C2C(C(=O)c3cc4cccc(OC)c4o3)=C(O)C(=O)N2CCN(C)C)cc1OC. The normalized spacial score (nSPS) is 15.6. The summed E-state index contributed by atoms with van der Waals surface area (Å²) >= 11 is 0. The molecule has 0 bridgehead atoms. The van der Waals surface area contributed by atoms with E-state index in [2.05, 4.69) is 6.92 Å². The molecule has 9 nitrogen and oxygen atoms in total. The van der Waals surface area contributed by atoms with Crippen LogP contribution < -0.4 is 14.2 Å². The maximum Gasteiger partial charge on any atom is 0.290 e. The van der Waals surface area contributed by atoms with Crippen molar-refractivity contribution in [1.82, 2.24) is 9.80 Å². The minimum Gasteiger partial charge on any atom is -0.503 e. The maximum atomic E-state index is 13.8. The van der Waals surface area contributed by atoms with E-state index < -0.39 is 23.5 Å². The first-order chi connectivity index (χ1) is 18.3. The van der Waals surface area contributed by atoms with Crippen molar-refractivity contribution in [3.63, 3.8) is 0 Å². The molecule has 3 aromatic rings. The van der Waals surface area contributed by atoms with Gasteiger partial charge >= 0.3 is 0 Å². The minimum atomic E-state index is -0.844. The van der Waals surface area contributed by atoms with Crippen molar-refractivity contribution in [2.24, 2.45) is 0 Å². The number of nitrogens with zero attached hydrogens (tertiary/aromatic N) is 2. The number of Topliss-reactive ketones (excluding diaryl/α,β-unsaturated/α-hetero) is 1. The minimum absolute atomic E-state index is 0.00444. The molecule has 1 atom stereocenters. The van der Waals surface area contributed by atoms with Crippen molar-refractivity contribution in [3.05, 3.63) is 65.1 Å². The number of hydrogen-bond acceptors (Lipinski definition) is 8. The van der Waals surface area contributed by atoms with Crippen LogP contribution in [0, 0.1) is 0 Å². The van der Waals surface area contributed by atoms with E-state index in [1.165, 1.54) is 19.1 Å². The number of aliphatic hydroxyl groups excluding tert-OH is 1. The zero-order valence-electron chi connectivity index (χ0n) is 22.4. The number of carbonyl (C=O) groups is 2. The fourth-order valence-corrected chi connectivity index (χ4v) is 4.51. The van der Waals surface area contributed by atoms with Crippen molar-refractivity contribution in [2.75, 3.05) is 48.0 Å². The predicted molar refractivity (Wildman–Crippen MR) is 143 cm³/mol. The number of hydrogen-bond donors (Lipinski definition) is 1. The van der Waals surface area contributed by atoms with Crippen LogP contribution in [-0.2, 0) is 4.79 Å². The van der Waals surface area contributed by atoms with E-state index in [-0.39, 0.29) is 11.3 Å². The number of ketones is 1. The number of unbranched alkanes of at least 4 members (excludes halogenated alkanes) is 1. The van der Waals surface area contributed by atoms with Crippen LogP contribution in [0.5, 0.6) is 17.2 Å². The second kappa shape index (κ2) is 11.6. The maximum absolute atomic E-state index is 13.8. The third kappa shape index (κ3) is 5.19. The van der Waals surface area contributed by atoms with Crippen molar-refractivity contribution in [3.8, 4) is 17.2 Å². The number of likely N-dealkylation sites (N-methyl/N-ethyl adjacent to an activating group) is 1. The lowest BCUT2D eigenvalue weighted by molar-refractivity contribution is -0.129. The number of furan rings is 1. The number of para-hydroxylation sites is 1. The van der Waals surface area contributed by atoms with Crippen LogP contribution in [0.4, 0.5) is 0 Å². The quantitative estimate of drug-likeness (QED) is 0.268. The van der Waals surface area contributed by atoms with Crippen LogP contribution in [-0.4, -0.2) is 74.6 Å². The molecule has 0 saturated heterocycles. The van der Waals surface area contributed by atoms with E-state index in [9.17, 15) is 14.7 Å². The molecule has 0 radical (unpaired) electrons. The van der Waals surface area contributed by atoms with Crippen LogP contribution in [0.15, 0.2) is 58.2 Å². The van der Waals surface area contributed by atoms with E-state index in [1.807, 2.05) is 19.0 Å². The summed E-state index contributed by atoms with van der Waals surface area (Å²) < 4.78 is 22.7. The van der Waals surface area contributed by atoms with Gasteiger partial charge in [-0.3, -0.25) is 9.59 Å². The molecule has 0 fully saturated rings. The molecule has 1 aromatic heterocycles. The zero-order valence-corrected chi connectivity index (χ0v) is 22.4. The second-order valence-electron chi connectivity index (χ2n) is 9.40. The van der Waals surface area contributed by atoms with Gasteiger partial charge in [0.2, 0.25) is 5.78 Å². The summed E-state index contributed by atoms with van der Waals surface area (Å²) in [5.41, 5.74) is 0.977. The van der Waals surface area contributed by atoms with Gasteiger partial charge < -0.3 is 33.5 Å².